The minimum Gasteiger partial charge on any atom is -0.218 e. The molecule has 1 aromatic rings. The molecule has 84 valence electrons. The van der Waals surface area contributed by atoms with Crippen LogP contribution in [0.2, 0.25) is 0 Å². The first kappa shape index (κ1) is 12.6. The summed E-state index contributed by atoms with van der Waals surface area (Å²) >= 11 is 3.11. The Morgan fingerprint density at radius 3 is 2.53 bits per heavy atom. The topological polar surface area (TPSA) is 46.2 Å². The van der Waals surface area contributed by atoms with Crippen LogP contribution in [0.4, 0.5) is 4.39 Å². The van der Waals surface area contributed by atoms with Crippen molar-refractivity contribution in [2.45, 2.75) is 12.2 Å². The fourth-order valence-corrected chi connectivity index (χ4v) is 2.39. The lowest BCUT2D eigenvalue weighted by Gasteiger charge is -2.13. The van der Waals surface area contributed by atoms with Crippen molar-refractivity contribution in [2.75, 3.05) is 7.05 Å². The number of nitrogens with one attached hydrogen (secondary N) is 1. The molecule has 0 aromatic heterocycles. The van der Waals surface area contributed by atoms with Crippen molar-refractivity contribution in [1.29, 1.82) is 0 Å². The predicted molar refractivity (Wildman–Crippen MR) is 60.5 cm³/mol. The van der Waals surface area contributed by atoms with E-state index in [1.807, 2.05) is 0 Å². The molecule has 0 fully saturated rings. The first-order valence-electron chi connectivity index (χ1n) is 4.26. The van der Waals surface area contributed by atoms with Gasteiger partial charge in [0.25, 0.3) is 0 Å². The molecule has 0 amide bonds. The van der Waals surface area contributed by atoms with Crippen molar-refractivity contribution in [2.24, 2.45) is 0 Å². The molecule has 0 spiro atoms. The largest absolute Gasteiger partial charge is 0.218 e. The summed E-state index contributed by atoms with van der Waals surface area (Å²) < 4.78 is 39.1. The molecule has 3 nitrogen and oxygen atoms in total. The Kier molecular flexibility index (Phi) is 3.86. The fraction of sp³-hybridized carbons (Fsp3) is 0.333. The lowest BCUT2D eigenvalue weighted by Crippen LogP contribution is -2.24. The van der Waals surface area contributed by atoms with Crippen molar-refractivity contribution >= 4 is 26.0 Å². The molecule has 6 heteroatoms. The standard InChI is InChI=1S/C9H11BrFNO2S/c1-6(15(13,14)12-2)8-4-3-7(10)5-9(8)11/h3-6,12H,1-2H3. The van der Waals surface area contributed by atoms with Crippen molar-refractivity contribution in [3.05, 3.63) is 34.1 Å². The average molecular weight is 296 g/mol. The van der Waals surface area contributed by atoms with E-state index in [1.54, 1.807) is 6.07 Å². The van der Waals surface area contributed by atoms with E-state index in [0.717, 1.165) is 0 Å². The Bertz CT molecular complexity index is 461. The van der Waals surface area contributed by atoms with Gasteiger partial charge in [-0.1, -0.05) is 22.0 Å². The van der Waals surface area contributed by atoms with Crippen LogP contribution in [0.5, 0.6) is 0 Å². The van der Waals surface area contributed by atoms with Gasteiger partial charge in [0.1, 0.15) is 11.1 Å². The van der Waals surface area contributed by atoms with Crippen LogP contribution in [0.15, 0.2) is 22.7 Å². The number of halogens is 2. The van der Waals surface area contributed by atoms with Gasteiger partial charge in [0.2, 0.25) is 10.0 Å². The van der Waals surface area contributed by atoms with Gasteiger partial charge >= 0.3 is 0 Å². The zero-order valence-corrected chi connectivity index (χ0v) is 10.7. The minimum absolute atomic E-state index is 0.160. The van der Waals surface area contributed by atoms with Crippen LogP contribution in [-0.4, -0.2) is 15.5 Å². The van der Waals surface area contributed by atoms with Gasteiger partial charge < -0.3 is 0 Å². The summed E-state index contributed by atoms with van der Waals surface area (Å²) in [6.07, 6.45) is 0. The first-order valence-corrected chi connectivity index (χ1v) is 6.59. The molecular weight excluding hydrogens is 285 g/mol. The molecule has 0 bridgehead atoms. The second-order valence-electron chi connectivity index (χ2n) is 3.06. The smallest absolute Gasteiger partial charge is 0.218 e. The molecular formula is C9H11BrFNO2S. The van der Waals surface area contributed by atoms with Gasteiger partial charge in [0.15, 0.2) is 0 Å². The minimum atomic E-state index is -3.49. The Balaban J connectivity index is 3.18. The summed E-state index contributed by atoms with van der Waals surface area (Å²) in [5.41, 5.74) is 0.160. The second-order valence-corrected chi connectivity index (χ2v) is 6.18. The Labute approximate surface area is 96.9 Å². The van der Waals surface area contributed by atoms with E-state index in [4.69, 9.17) is 0 Å². The lowest BCUT2D eigenvalue weighted by molar-refractivity contribution is 0.567. The van der Waals surface area contributed by atoms with Crippen LogP contribution < -0.4 is 4.72 Å². The molecule has 0 aliphatic carbocycles. The van der Waals surface area contributed by atoms with Gasteiger partial charge in [-0.05, 0) is 26.1 Å². The highest BCUT2D eigenvalue weighted by atomic mass is 79.9. The summed E-state index contributed by atoms with van der Waals surface area (Å²) in [5, 5.41) is -0.907. The molecule has 15 heavy (non-hydrogen) atoms. The molecule has 0 aliphatic heterocycles. The van der Waals surface area contributed by atoms with E-state index in [1.165, 1.54) is 26.1 Å². The molecule has 1 aromatic carbocycles. The Morgan fingerprint density at radius 2 is 2.07 bits per heavy atom. The summed E-state index contributed by atoms with van der Waals surface area (Å²) in [6, 6.07) is 4.32. The molecule has 0 saturated carbocycles. The zero-order valence-electron chi connectivity index (χ0n) is 8.29. The molecule has 0 aliphatic rings. The van der Waals surface area contributed by atoms with Crippen LogP contribution in [0.25, 0.3) is 0 Å². The van der Waals surface area contributed by atoms with Gasteiger partial charge in [-0.25, -0.2) is 17.5 Å². The highest BCUT2D eigenvalue weighted by Crippen LogP contribution is 2.25. The second kappa shape index (κ2) is 4.59. The average Bonchev–Trinajstić information content (AvgIpc) is 2.17. The SMILES string of the molecule is CNS(=O)(=O)C(C)c1ccc(Br)cc1F. The monoisotopic (exact) mass is 295 g/mol. The van der Waals surface area contributed by atoms with Gasteiger partial charge in [-0.2, -0.15) is 0 Å². The van der Waals surface area contributed by atoms with Crippen molar-refractivity contribution in [3.8, 4) is 0 Å². The molecule has 1 N–H and O–H groups in total. The van der Waals surface area contributed by atoms with Crippen molar-refractivity contribution < 1.29 is 12.8 Å². The van der Waals surface area contributed by atoms with E-state index >= 15 is 0 Å². The zero-order chi connectivity index (χ0) is 11.6. The van der Waals surface area contributed by atoms with Crippen molar-refractivity contribution in [3.63, 3.8) is 0 Å². The predicted octanol–water partition coefficient (Wildman–Crippen LogP) is 2.20. The third kappa shape index (κ3) is 2.76. The Morgan fingerprint density at radius 1 is 1.47 bits per heavy atom. The van der Waals surface area contributed by atoms with Gasteiger partial charge in [-0.15, -0.1) is 0 Å². The van der Waals surface area contributed by atoms with Gasteiger partial charge in [0.05, 0.1) is 0 Å². The summed E-state index contributed by atoms with van der Waals surface area (Å²) in [4.78, 5) is 0. The number of rotatable bonds is 3. The third-order valence-corrected chi connectivity index (χ3v) is 4.40. The van der Waals surface area contributed by atoms with Crippen LogP contribution in [0.1, 0.15) is 17.7 Å². The maximum atomic E-state index is 13.4. The molecule has 0 saturated heterocycles. The molecule has 0 heterocycles. The Hall–Kier alpha value is -0.460. The molecule has 1 unspecified atom stereocenters. The lowest BCUT2D eigenvalue weighted by atomic mass is 10.1. The first-order chi connectivity index (χ1) is 6.88. The van der Waals surface area contributed by atoms with Crippen LogP contribution in [-0.2, 0) is 10.0 Å². The molecule has 1 rings (SSSR count). The van der Waals surface area contributed by atoms with E-state index in [-0.39, 0.29) is 5.56 Å². The highest BCUT2D eigenvalue weighted by molar-refractivity contribution is 9.10. The summed E-state index contributed by atoms with van der Waals surface area (Å²) in [5.74, 6) is -0.532. The number of hydrogen-bond acceptors (Lipinski definition) is 2. The molecule has 0 radical (unpaired) electrons. The number of benzene rings is 1. The van der Waals surface area contributed by atoms with E-state index in [0.29, 0.717) is 4.47 Å². The summed E-state index contributed by atoms with van der Waals surface area (Å²) in [6.45, 7) is 1.44. The normalized spacial score (nSPS) is 13.9. The van der Waals surface area contributed by atoms with Crippen LogP contribution in [0.3, 0.4) is 0 Å². The van der Waals surface area contributed by atoms with Gasteiger partial charge in [0, 0.05) is 10.0 Å². The van der Waals surface area contributed by atoms with Gasteiger partial charge in [-0.3, -0.25) is 0 Å². The van der Waals surface area contributed by atoms with Crippen LogP contribution in [0, 0.1) is 5.82 Å². The van der Waals surface area contributed by atoms with E-state index in [9.17, 15) is 12.8 Å². The number of hydrogen-bond donors (Lipinski definition) is 1. The van der Waals surface area contributed by atoms with Crippen LogP contribution >= 0.6 is 15.9 Å². The van der Waals surface area contributed by atoms with E-state index < -0.39 is 21.1 Å². The number of sulfonamides is 1. The summed E-state index contributed by atoms with van der Waals surface area (Å²) in [7, 11) is -2.18. The highest BCUT2D eigenvalue weighted by Gasteiger charge is 2.23. The fourth-order valence-electron chi connectivity index (χ4n) is 1.18. The maximum absolute atomic E-state index is 13.4. The van der Waals surface area contributed by atoms with Crippen molar-refractivity contribution in [1.82, 2.24) is 4.72 Å². The van der Waals surface area contributed by atoms with E-state index in [2.05, 4.69) is 20.7 Å². The third-order valence-electron chi connectivity index (χ3n) is 2.15. The quantitative estimate of drug-likeness (QED) is 0.929. The maximum Gasteiger partial charge on any atom is 0.218 e. The molecule has 1 atom stereocenters.